The fourth-order valence-corrected chi connectivity index (χ4v) is 2.99. The highest BCUT2D eigenvalue weighted by atomic mass is 19.1. The molecule has 1 N–H and O–H groups in total. The Labute approximate surface area is 154 Å². The lowest BCUT2D eigenvalue weighted by Gasteiger charge is -2.15. The largest absolute Gasteiger partial charge is 0.322 e. The average Bonchev–Trinajstić information content (AvgIpc) is 2.93. The number of carbonyl (C=O) groups is 3. The summed E-state index contributed by atoms with van der Waals surface area (Å²) in [5.41, 5.74) is 1.25. The minimum atomic E-state index is -0.633. The van der Waals surface area contributed by atoms with Gasteiger partial charge in [0.25, 0.3) is 17.7 Å². The molecule has 0 atom stereocenters. The number of imide groups is 1. The number of hydrogen-bond acceptors (Lipinski definition) is 3. The molecule has 0 unspecified atom stereocenters. The fraction of sp³-hybridized carbons (Fsp3) is 0. The maximum atomic E-state index is 13.8. The summed E-state index contributed by atoms with van der Waals surface area (Å²) in [7, 11) is 0. The van der Waals surface area contributed by atoms with Gasteiger partial charge in [-0.15, -0.1) is 0 Å². The standard InChI is InChI=1S/C21H13FN2O3/c22-18-11-4-3-10-17(18)19(25)23-13-6-5-7-14(12-13)24-20(26)15-8-1-2-9-16(15)21(24)27/h1-12H,(H,23,25). The van der Waals surface area contributed by atoms with Crippen LogP contribution in [-0.4, -0.2) is 17.7 Å². The van der Waals surface area contributed by atoms with Crippen LogP contribution in [0.2, 0.25) is 0 Å². The van der Waals surface area contributed by atoms with Gasteiger partial charge in [-0.3, -0.25) is 14.4 Å². The van der Waals surface area contributed by atoms with Gasteiger partial charge in [0, 0.05) is 5.69 Å². The number of benzene rings is 3. The number of nitrogens with zero attached hydrogens (tertiary/aromatic N) is 1. The lowest BCUT2D eigenvalue weighted by atomic mass is 10.1. The minimum absolute atomic E-state index is 0.0939. The minimum Gasteiger partial charge on any atom is -0.322 e. The van der Waals surface area contributed by atoms with Crippen molar-refractivity contribution in [2.45, 2.75) is 0 Å². The van der Waals surface area contributed by atoms with Gasteiger partial charge < -0.3 is 5.32 Å². The van der Waals surface area contributed by atoms with E-state index in [0.717, 1.165) is 4.90 Å². The van der Waals surface area contributed by atoms with Crippen molar-refractivity contribution in [1.82, 2.24) is 0 Å². The summed E-state index contributed by atoms with van der Waals surface area (Å²) in [5, 5.41) is 2.59. The number of halogens is 1. The van der Waals surface area contributed by atoms with E-state index in [1.165, 1.54) is 24.3 Å². The smallest absolute Gasteiger partial charge is 0.266 e. The van der Waals surface area contributed by atoms with Crippen molar-refractivity contribution in [1.29, 1.82) is 0 Å². The molecule has 1 aliphatic rings. The number of hydrogen-bond donors (Lipinski definition) is 1. The molecule has 3 aromatic carbocycles. The monoisotopic (exact) mass is 360 g/mol. The Morgan fingerprint density at radius 1 is 0.815 bits per heavy atom. The molecule has 0 fully saturated rings. The van der Waals surface area contributed by atoms with Crippen molar-refractivity contribution in [3.63, 3.8) is 0 Å². The average molecular weight is 360 g/mol. The van der Waals surface area contributed by atoms with Crippen LogP contribution in [0.15, 0.2) is 72.8 Å². The number of amides is 3. The Kier molecular flexibility index (Phi) is 4.01. The summed E-state index contributed by atoms with van der Waals surface area (Å²) in [4.78, 5) is 38.5. The molecule has 0 aromatic heterocycles. The third-order valence-electron chi connectivity index (χ3n) is 4.27. The van der Waals surface area contributed by atoms with Crippen LogP contribution in [0.4, 0.5) is 15.8 Å². The van der Waals surface area contributed by atoms with E-state index in [-0.39, 0.29) is 5.56 Å². The summed E-state index contributed by atoms with van der Waals surface area (Å²) in [6.45, 7) is 0. The highest BCUT2D eigenvalue weighted by Crippen LogP contribution is 2.29. The van der Waals surface area contributed by atoms with Gasteiger partial charge >= 0.3 is 0 Å². The molecule has 0 spiro atoms. The highest BCUT2D eigenvalue weighted by molar-refractivity contribution is 6.34. The number of rotatable bonds is 3. The Hall–Kier alpha value is -3.80. The van der Waals surface area contributed by atoms with Gasteiger partial charge in [-0.1, -0.05) is 30.3 Å². The summed E-state index contributed by atoms with van der Waals surface area (Å²) in [6.07, 6.45) is 0. The molecule has 0 aliphatic carbocycles. The second-order valence-electron chi connectivity index (χ2n) is 5.98. The zero-order valence-corrected chi connectivity index (χ0v) is 14.0. The van der Waals surface area contributed by atoms with Gasteiger partial charge in [-0.05, 0) is 42.5 Å². The molecule has 0 radical (unpaired) electrons. The van der Waals surface area contributed by atoms with E-state index in [9.17, 15) is 18.8 Å². The third kappa shape index (κ3) is 2.87. The molecule has 27 heavy (non-hydrogen) atoms. The molecule has 4 rings (SSSR count). The van der Waals surface area contributed by atoms with Crippen molar-refractivity contribution < 1.29 is 18.8 Å². The number of nitrogens with one attached hydrogen (secondary N) is 1. The van der Waals surface area contributed by atoms with Crippen LogP contribution in [0.25, 0.3) is 0 Å². The molecule has 1 heterocycles. The van der Waals surface area contributed by atoms with Gasteiger partial charge in [-0.25, -0.2) is 9.29 Å². The van der Waals surface area contributed by atoms with Crippen LogP contribution in [0.3, 0.4) is 0 Å². The van der Waals surface area contributed by atoms with Crippen LogP contribution in [0, 0.1) is 5.82 Å². The zero-order chi connectivity index (χ0) is 19.0. The Morgan fingerprint density at radius 3 is 2.11 bits per heavy atom. The summed E-state index contributed by atoms with van der Waals surface area (Å²) in [5.74, 6) is -2.10. The lowest BCUT2D eigenvalue weighted by molar-refractivity contribution is 0.0925. The van der Waals surface area contributed by atoms with Crippen LogP contribution >= 0.6 is 0 Å². The first-order valence-corrected chi connectivity index (χ1v) is 8.20. The van der Waals surface area contributed by atoms with Crippen molar-refractivity contribution in [2.75, 3.05) is 10.2 Å². The van der Waals surface area contributed by atoms with E-state index in [2.05, 4.69) is 5.32 Å². The normalized spacial score (nSPS) is 12.9. The van der Waals surface area contributed by atoms with E-state index in [0.29, 0.717) is 22.5 Å². The maximum Gasteiger partial charge on any atom is 0.266 e. The number of fused-ring (bicyclic) bond motifs is 1. The molecule has 0 saturated heterocycles. The Morgan fingerprint density at radius 2 is 1.44 bits per heavy atom. The highest BCUT2D eigenvalue weighted by Gasteiger charge is 2.36. The molecular weight excluding hydrogens is 347 g/mol. The number of carbonyl (C=O) groups excluding carboxylic acids is 3. The van der Waals surface area contributed by atoms with Gasteiger partial charge in [0.15, 0.2) is 0 Å². The Bertz CT molecular complexity index is 1060. The van der Waals surface area contributed by atoms with E-state index in [1.807, 2.05) is 0 Å². The molecule has 0 saturated carbocycles. The number of anilines is 2. The van der Waals surface area contributed by atoms with E-state index < -0.39 is 23.5 Å². The molecule has 3 amide bonds. The molecule has 1 aliphatic heterocycles. The molecular formula is C21H13FN2O3. The second-order valence-corrected chi connectivity index (χ2v) is 5.98. The fourth-order valence-electron chi connectivity index (χ4n) is 2.99. The van der Waals surface area contributed by atoms with E-state index in [4.69, 9.17) is 0 Å². The topological polar surface area (TPSA) is 66.5 Å². The van der Waals surface area contributed by atoms with Gasteiger partial charge in [0.2, 0.25) is 0 Å². The lowest BCUT2D eigenvalue weighted by Crippen LogP contribution is -2.29. The Balaban J connectivity index is 1.63. The predicted octanol–water partition coefficient (Wildman–Crippen LogP) is 3.88. The van der Waals surface area contributed by atoms with Crippen LogP contribution in [-0.2, 0) is 0 Å². The third-order valence-corrected chi connectivity index (χ3v) is 4.27. The van der Waals surface area contributed by atoms with Gasteiger partial charge in [-0.2, -0.15) is 0 Å². The van der Waals surface area contributed by atoms with Crippen molar-refractivity contribution >= 4 is 29.1 Å². The first-order valence-electron chi connectivity index (χ1n) is 8.20. The maximum absolute atomic E-state index is 13.8. The molecule has 132 valence electrons. The first-order chi connectivity index (χ1) is 13.1. The van der Waals surface area contributed by atoms with Gasteiger partial charge in [0.05, 0.1) is 22.4 Å². The van der Waals surface area contributed by atoms with Crippen LogP contribution in [0.5, 0.6) is 0 Å². The van der Waals surface area contributed by atoms with Crippen LogP contribution < -0.4 is 10.2 Å². The summed E-state index contributed by atoms with van der Waals surface area (Å²) >= 11 is 0. The van der Waals surface area contributed by atoms with E-state index in [1.54, 1.807) is 48.5 Å². The first kappa shape index (κ1) is 16.7. The van der Waals surface area contributed by atoms with Gasteiger partial charge in [0.1, 0.15) is 5.82 Å². The van der Waals surface area contributed by atoms with E-state index >= 15 is 0 Å². The molecule has 3 aromatic rings. The summed E-state index contributed by atoms with van der Waals surface area (Å²) < 4.78 is 13.8. The summed E-state index contributed by atoms with van der Waals surface area (Å²) in [6, 6.07) is 18.5. The van der Waals surface area contributed by atoms with Crippen molar-refractivity contribution in [3.8, 4) is 0 Å². The molecule has 0 bridgehead atoms. The van der Waals surface area contributed by atoms with Crippen molar-refractivity contribution in [2.24, 2.45) is 0 Å². The van der Waals surface area contributed by atoms with Crippen molar-refractivity contribution in [3.05, 3.63) is 95.3 Å². The second kappa shape index (κ2) is 6.49. The predicted molar refractivity (Wildman–Crippen MR) is 98.4 cm³/mol. The zero-order valence-electron chi connectivity index (χ0n) is 14.0. The molecule has 6 heteroatoms. The quantitative estimate of drug-likeness (QED) is 0.721. The van der Waals surface area contributed by atoms with Crippen LogP contribution in [0.1, 0.15) is 31.1 Å². The SMILES string of the molecule is O=C(Nc1cccc(N2C(=O)c3ccccc3C2=O)c1)c1ccccc1F. The molecule has 5 nitrogen and oxygen atoms in total.